The van der Waals surface area contributed by atoms with Crippen LogP contribution < -0.4 is 32.7 Å². The molecule has 466 valence electrons. The number of nitrogens with zero attached hydrogens (tertiary/aromatic N) is 4. The van der Waals surface area contributed by atoms with Crippen LogP contribution in [0, 0.1) is 23.7 Å². The number of amides is 9. The van der Waals surface area contributed by atoms with E-state index in [0.717, 1.165) is 62.5 Å². The van der Waals surface area contributed by atoms with E-state index in [2.05, 4.69) is 21.3 Å². The molecular weight excluding hydrogens is 1080 g/mol. The second-order valence-corrected chi connectivity index (χ2v) is 25.9. The van der Waals surface area contributed by atoms with Crippen molar-refractivity contribution in [1.82, 2.24) is 40.9 Å². The monoisotopic (exact) mass is 1180 g/mol. The molecule has 2 fully saturated rings. The molecule has 6 rings (SSSR count). The van der Waals surface area contributed by atoms with Crippen molar-refractivity contribution in [2.75, 3.05) is 64.7 Å². The Bertz CT molecular complexity index is 2420. The zero-order valence-electron chi connectivity index (χ0n) is 51.1. The van der Waals surface area contributed by atoms with Gasteiger partial charge in [0.2, 0.25) is 47.3 Å². The molecule has 2 heterocycles. The number of hydrogen-bond acceptors (Lipinski definition) is 11. The van der Waals surface area contributed by atoms with Crippen molar-refractivity contribution in [2.45, 2.75) is 187 Å². The number of carbonyl (C=O) groups excluding carboxylic acids is 9. The molecular formula is C64H100N10O9S. The number of thioether (sulfide) groups is 1. The van der Waals surface area contributed by atoms with E-state index in [0.29, 0.717) is 68.1 Å². The normalized spacial score (nSPS) is 21.5. The topological polar surface area (TPSA) is 267 Å². The van der Waals surface area contributed by atoms with Gasteiger partial charge in [-0.1, -0.05) is 115 Å². The third-order valence-corrected chi connectivity index (χ3v) is 16.9. The van der Waals surface area contributed by atoms with E-state index < -0.39 is 47.8 Å². The Morgan fingerprint density at radius 1 is 0.619 bits per heavy atom. The lowest BCUT2D eigenvalue weighted by Crippen LogP contribution is -2.54. The Kier molecular flexibility index (Phi) is 30.1. The van der Waals surface area contributed by atoms with Gasteiger partial charge in [0.15, 0.2) is 0 Å². The maximum Gasteiger partial charge on any atom is 0.251 e. The van der Waals surface area contributed by atoms with Crippen molar-refractivity contribution in [1.29, 1.82) is 0 Å². The number of nitrogens with two attached hydrogens (primary N) is 2. The Morgan fingerprint density at radius 3 is 1.79 bits per heavy atom. The summed E-state index contributed by atoms with van der Waals surface area (Å²) in [6.07, 6.45) is 12.7. The average Bonchev–Trinajstić information content (AvgIpc) is 4.33. The van der Waals surface area contributed by atoms with Crippen LogP contribution in [-0.2, 0) is 50.5 Å². The van der Waals surface area contributed by atoms with Gasteiger partial charge in [0.25, 0.3) is 5.91 Å². The minimum absolute atomic E-state index is 0.0220. The molecule has 2 aliphatic carbocycles. The number of rotatable bonds is 19. The molecule has 84 heavy (non-hydrogen) atoms. The van der Waals surface area contributed by atoms with Gasteiger partial charge >= 0.3 is 0 Å². The number of nitrogens with one attached hydrogen (secondary N) is 4. The van der Waals surface area contributed by atoms with Crippen molar-refractivity contribution in [2.24, 2.45) is 35.1 Å². The second kappa shape index (κ2) is 36.7. The van der Waals surface area contributed by atoms with Gasteiger partial charge < -0.3 is 52.3 Å². The lowest BCUT2D eigenvalue weighted by Gasteiger charge is -2.32. The lowest BCUT2D eigenvalue weighted by molar-refractivity contribution is -0.139. The third-order valence-electron chi connectivity index (χ3n) is 15.9. The van der Waals surface area contributed by atoms with Gasteiger partial charge in [-0.3, -0.25) is 43.2 Å². The first-order valence-corrected chi connectivity index (χ1v) is 32.4. The molecule has 2 aliphatic heterocycles. The summed E-state index contributed by atoms with van der Waals surface area (Å²) in [5.41, 5.74) is 13.9. The van der Waals surface area contributed by atoms with Crippen molar-refractivity contribution >= 4 is 64.9 Å². The fraction of sp³-hybridized carbons (Fsp3) is 0.672. The van der Waals surface area contributed by atoms with Gasteiger partial charge in [-0.05, 0) is 112 Å². The number of hydrogen-bond donors (Lipinski definition) is 6. The summed E-state index contributed by atoms with van der Waals surface area (Å²) >= 11 is 1.52. The number of unbranched alkanes of at least 4 members (excludes halogenated alkanes) is 2. The highest BCUT2D eigenvalue weighted by Crippen LogP contribution is 2.33. The second-order valence-electron chi connectivity index (χ2n) is 24.8. The Labute approximate surface area is 504 Å². The lowest BCUT2D eigenvalue weighted by atomic mass is 9.86. The highest BCUT2D eigenvalue weighted by molar-refractivity contribution is 7.98. The molecule has 0 aromatic heterocycles. The first-order valence-electron chi connectivity index (χ1n) is 31.2. The van der Waals surface area contributed by atoms with Crippen LogP contribution >= 0.6 is 11.8 Å². The maximum atomic E-state index is 14.6. The highest BCUT2D eigenvalue weighted by atomic mass is 32.2. The smallest absolute Gasteiger partial charge is 0.251 e. The van der Waals surface area contributed by atoms with E-state index in [4.69, 9.17) is 11.5 Å². The Hall–Kier alpha value is -6.02. The van der Waals surface area contributed by atoms with Crippen molar-refractivity contribution in [3.63, 3.8) is 0 Å². The predicted octanol–water partition coefficient (Wildman–Crippen LogP) is 6.10. The van der Waals surface area contributed by atoms with E-state index >= 15 is 0 Å². The number of primary amides is 1. The summed E-state index contributed by atoms with van der Waals surface area (Å²) in [7, 11) is 0. The molecule has 19 nitrogen and oxygen atoms in total. The van der Waals surface area contributed by atoms with Gasteiger partial charge in [0.05, 0.1) is 26.2 Å². The Morgan fingerprint density at radius 2 is 1.19 bits per heavy atom. The van der Waals surface area contributed by atoms with Crippen molar-refractivity contribution in [3.05, 3.63) is 71.3 Å². The van der Waals surface area contributed by atoms with Gasteiger partial charge in [0.1, 0.15) is 0 Å². The molecule has 9 amide bonds. The van der Waals surface area contributed by atoms with Gasteiger partial charge in [-0.2, -0.15) is 11.8 Å². The first kappa shape index (κ1) is 68.8. The fourth-order valence-corrected chi connectivity index (χ4v) is 12.3. The molecule has 20 heteroatoms. The van der Waals surface area contributed by atoms with E-state index in [1.165, 1.54) is 37.8 Å². The van der Waals surface area contributed by atoms with Crippen LogP contribution in [0.4, 0.5) is 0 Å². The van der Waals surface area contributed by atoms with Gasteiger partial charge in [0, 0.05) is 93.1 Å². The van der Waals surface area contributed by atoms with Crippen molar-refractivity contribution < 1.29 is 43.2 Å². The third kappa shape index (κ3) is 26.9. The standard InChI is InChI=1S/C64H100N10O9S/c1-45(2)33-54-38-72(40-56(66)75)62(81)30-32-84-44-51-22-26-52(27-23-51)64(83)67-47(5)36-71(60(79)28-24-48-15-9-6-10-16-48)41-58(77)70-55(34-46(3)4)39-74(63(82)35-50-20-21-50)43-57(76)68-53(19-13-8-14-31-65)37-73(42-59(78)69-54)61(80)29-25-49-17-11-7-12-18-49/h6,9-10,15-16,22-23,26-27,45-47,49-50,53-55H,7-8,11-14,17-21,24-25,28-44,65H2,1-5H3,(H2,66,75)(H,67,83)(H,68,76)(H,69,78)(H,70,77)/t47-,53-,54-,55-/m0/s1. The molecule has 4 aliphatic rings. The molecule has 0 unspecified atom stereocenters. The van der Waals surface area contributed by atoms with Crippen LogP contribution in [0.15, 0.2) is 54.6 Å². The quantitative estimate of drug-likeness (QED) is 0.0691. The van der Waals surface area contributed by atoms with Crippen LogP contribution in [0.5, 0.6) is 0 Å². The highest BCUT2D eigenvalue weighted by Gasteiger charge is 2.33. The predicted molar refractivity (Wildman–Crippen MR) is 330 cm³/mol. The minimum atomic E-state index is -0.691. The zero-order valence-corrected chi connectivity index (χ0v) is 51.9. The summed E-state index contributed by atoms with van der Waals surface area (Å²) in [5.74, 6) is -1.66. The molecule has 0 radical (unpaired) electrons. The summed E-state index contributed by atoms with van der Waals surface area (Å²) in [6.45, 7) is 9.14. The zero-order chi connectivity index (χ0) is 61.0. The molecule has 2 bridgehead atoms. The van der Waals surface area contributed by atoms with Crippen LogP contribution in [0.1, 0.15) is 172 Å². The molecule has 0 saturated heterocycles. The largest absolute Gasteiger partial charge is 0.368 e. The summed E-state index contributed by atoms with van der Waals surface area (Å²) < 4.78 is 0. The van der Waals surface area contributed by atoms with Crippen LogP contribution in [-0.4, -0.2) is 162 Å². The van der Waals surface area contributed by atoms with Crippen LogP contribution in [0.3, 0.4) is 0 Å². The number of carbonyl (C=O) groups is 9. The van der Waals surface area contributed by atoms with Gasteiger partial charge in [-0.15, -0.1) is 0 Å². The fourth-order valence-electron chi connectivity index (χ4n) is 11.4. The summed E-state index contributed by atoms with van der Waals surface area (Å²) in [5, 5.41) is 12.4. The molecule has 2 aromatic rings. The van der Waals surface area contributed by atoms with Crippen molar-refractivity contribution in [3.8, 4) is 0 Å². The SMILES string of the molecule is CC(C)C[C@H]1CN(CC(N)=O)C(=O)CCSCc2ccc(cc2)C(=O)N[C@@H](C)CN(C(=O)CCc2ccccc2)CC(=O)N[C@@H](CC(C)C)CN(C(=O)CC2CC2)CC(=O)N[C@@H](CCCCCN)CN(C(=O)CCC2CCCCC2)CC(=O)N1. The minimum Gasteiger partial charge on any atom is -0.368 e. The van der Waals surface area contributed by atoms with Crippen LogP contribution in [0.25, 0.3) is 0 Å². The Balaban J connectivity index is 1.48. The molecule has 2 aromatic carbocycles. The van der Waals surface area contributed by atoms with E-state index in [9.17, 15) is 43.2 Å². The number of benzene rings is 2. The molecule has 0 spiro atoms. The molecule has 8 N–H and O–H groups in total. The van der Waals surface area contributed by atoms with E-state index in [1.807, 2.05) is 70.2 Å². The molecule has 2 saturated carbocycles. The van der Waals surface area contributed by atoms with Crippen LogP contribution in [0.2, 0.25) is 0 Å². The maximum absolute atomic E-state index is 14.6. The number of fused-ring (bicyclic) bond motifs is 29. The van der Waals surface area contributed by atoms with E-state index in [-0.39, 0.29) is 125 Å². The van der Waals surface area contributed by atoms with E-state index in [1.54, 1.807) is 19.1 Å². The summed E-state index contributed by atoms with van der Waals surface area (Å²) in [4.78, 5) is 132. The number of aryl methyl sites for hydroxylation is 1. The summed E-state index contributed by atoms with van der Waals surface area (Å²) in [6, 6.07) is 14.4. The van der Waals surface area contributed by atoms with Gasteiger partial charge in [-0.25, -0.2) is 0 Å². The first-order chi connectivity index (χ1) is 40.2. The average molecular weight is 1190 g/mol. The molecule has 4 atom stereocenters.